The van der Waals surface area contributed by atoms with Crippen LogP contribution >= 0.6 is 0 Å². The monoisotopic (exact) mass is 297 g/mol. The van der Waals surface area contributed by atoms with Crippen molar-refractivity contribution in [3.63, 3.8) is 0 Å². The first kappa shape index (κ1) is 14.9. The third kappa shape index (κ3) is 3.77. The van der Waals surface area contributed by atoms with E-state index in [1.165, 1.54) is 10.6 Å². The number of piperidine rings is 1. The molecule has 0 aliphatic carbocycles. The molecule has 2 heterocycles. The summed E-state index contributed by atoms with van der Waals surface area (Å²) in [6.07, 6.45) is 4.23. The minimum Gasteiger partial charge on any atom is -0.326 e. The van der Waals surface area contributed by atoms with Gasteiger partial charge in [-0.1, -0.05) is 0 Å². The summed E-state index contributed by atoms with van der Waals surface area (Å²) >= 11 is 0. The molecular formula is C13H19N3O3S. The predicted molar refractivity (Wildman–Crippen MR) is 76.7 cm³/mol. The van der Waals surface area contributed by atoms with Crippen molar-refractivity contribution in [1.82, 2.24) is 9.29 Å². The molecule has 1 aliphatic heterocycles. The maximum Gasteiger partial charge on any atom is 0.228 e. The molecule has 0 spiro atoms. The van der Waals surface area contributed by atoms with Crippen LogP contribution in [0.4, 0.5) is 5.69 Å². The molecule has 0 aromatic carbocycles. The summed E-state index contributed by atoms with van der Waals surface area (Å²) in [7, 11) is -3.23. The van der Waals surface area contributed by atoms with E-state index in [1.807, 2.05) is 6.92 Å². The molecule has 7 heteroatoms. The zero-order valence-electron chi connectivity index (χ0n) is 11.7. The number of carbonyl (C=O) groups excluding carboxylic acids is 1. The van der Waals surface area contributed by atoms with E-state index in [0.29, 0.717) is 25.1 Å². The Kier molecular flexibility index (Phi) is 4.39. The average molecular weight is 297 g/mol. The van der Waals surface area contributed by atoms with E-state index in [2.05, 4.69) is 10.3 Å². The number of nitrogens with zero attached hydrogens (tertiary/aromatic N) is 2. The molecule has 110 valence electrons. The third-order valence-corrected chi connectivity index (χ3v) is 4.66. The van der Waals surface area contributed by atoms with Crippen molar-refractivity contribution in [3.05, 3.63) is 24.0 Å². The number of amides is 1. The van der Waals surface area contributed by atoms with Gasteiger partial charge in [-0.15, -0.1) is 0 Å². The molecule has 1 atom stereocenters. The lowest BCUT2D eigenvalue weighted by atomic mass is 9.99. The van der Waals surface area contributed by atoms with Crippen LogP contribution in [0.15, 0.2) is 18.3 Å². The third-order valence-electron chi connectivity index (χ3n) is 3.39. The van der Waals surface area contributed by atoms with Crippen molar-refractivity contribution in [2.45, 2.75) is 19.8 Å². The van der Waals surface area contributed by atoms with E-state index in [0.717, 1.165) is 5.69 Å². The van der Waals surface area contributed by atoms with Gasteiger partial charge >= 0.3 is 0 Å². The van der Waals surface area contributed by atoms with Crippen LogP contribution in [0.5, 0.6) is 0 Å². The molecule has 0 radical (unpaired) electrons. The summed E-state index contributed by atoms with van der Waals surface area (Å²) < 4.78 is 24.5. The Morgan fingerprint density at radius 2 is 2.25 bits per heavy atom. The molecule has 1 N–H and O–H groups in total. The average Bonchev–Trinajstić information content (AvgIpc) is 2.38. The van der Waals surface area contributed by atoms with Crippen molar-refractivity contribution in [2.24, 2.45) is 5.92 Å². The highest BCUT2D eigenvalue weighted by atomic mass is 32.2. The molecule has 1 aromatic heterocycles. The van der Waals surface area contributed by atoms with Gasteiger partial charge in [-0.2, -0.15) is 0 Å². The van der Waals surface area contributed by atoms with Gasteiger partial charge in [-0.3, -0.25) is 9.78 Å². The van der Waals surface area contributed by atoms with Crippen molar-refractivity contribution >= 4 is 21.6 Å². The van der Waals surface area contributed by atoms with E-state index in [-0.39, 0.29) is 18.4 Å². The Bertz CT molecular complexity index is 601. The van der Waals surface area contributed by atoms with Crippen LogP contribution in [0.2, 0.25) is 0 Å². The normalized spacial score (nSPS) is 20.6. The van der Waals surface area contributed by atoms with Crippen molar-refractivity contribution < 1.29 is 13.2 Å². The molecule has 1 aromatic rings. The van der Waals surface area contributed by atoms with Crippen LogP contribution in [0.1, 0.15) is 18.5 Å². The van der Waals surface area contributed by atoms with E-state index < -0.39 is 10.0 Å². The molecule has 2 rings (SSSR count). The second-order valence-corrected chi connectivity index (χ2v) is 7.12. The summed E-state index contributed by atoms with van der Waals surface area (Å²) in [6.45, 7) is 2.60. The topological polar surface area (TPSA) is 79.4 Å². The molecule has 6 nitrogen and oxygen atoms in total. The summed E-state index contributed by atoms with van der Waals surface area (Å²) in [4.78, 5) is 16.3. The lowest BCUT2D eigenvalue weighted by molar-refractivity contribution is -0.120. The molecule has 0 saturated carbocycles. The molecule has 0 bridgehead atoms. The molecule has 20 heavy (non-hydrogen) atoms. The van der Waals surface area contributed by atoms with E-state index in [4.69, 9.17) is 0 Å². The molecule has 1 unspecified atom stereocenters. The fourth-order valence-corrected chi connectivity index (χ4v) is 3.24. The number of pyridine rings is 1. The van der Waals surface area contributed by atoms with Crippen LogP contribution in [-0.2, 0) is 14.8 Å². The zero-order chi connectivity index (χ0) is 14.8. The van der Waals surface area contributed by atoms with E-state index >= 15 is 0 Å². The van der Waals surface area contributed by atoms with Crippen LogP contribution in [0.3, 0.4) is 0 Å². The highest BCUT2D eigenvalue weighted by molar-refractivity contribution is 7.88. The van der Waals surface area contributed by atoms with E-state index in [9.17, 15) is 13.2 Å². The van der Waals surface area contributed by atoms with Crippen LogP contribution in [-0.4, -0.2) is 43.0 Å². The van der Waals surface area contributed by atoms with Crippen molar-refractivity contribution in [3.8, 4) is 0 Å². The number of sulfonamides is 1. The van der Waals surface area contributed by atoms with Gasteiger partial charge in [0.15, 0.2) is 0 Å². The second kappa shape index (κ2) is 5.88. The molecule has 1 saturated heterocycles. The van der Waals surface area contributed by atoms with Crippen molar-refractivity contribution in [2.75, 3.05) is 24.7 Å². The largest absolute Gasteiger partial charge is 0.326 e. The van der Waals surface area contributed by atoms with Gasteiger partial charge in [0.1, 0.15) is 0 Å². The predicted octanol–water partition coefficient (Wildman–Crippen LogP) is 1.00. The number of nitrogens with one attached hydrogen (secondary N) is 1. The Morgan fingerprint density at radius 3 is 2.90 bits per heavy atom. The molecule has 1 fully saturated rings. The number of hydrogen-bond acceptors (Lipinski definition) is 4. The van der Waals surface area contributed by atoms with Gasteiger partial charge in [0.05, 0.1) is 12.2 Å². The number of hydrogen-bond donors (Lipinski definition) is 1. The van der Waals surface area contributed by atoms with Gasteiger partial charge in [0.2, 0.25) is 15.9 Å². The number of carbonyl (C=O) groups is 1. The summed E-state index contributed by atoms with van der Waals surface area (Å²) in [5.41, 5.74) is 1.52. The quantitative estimate of drug-likeness (QED) is 0.902. The maximum absolute atomic E-state index is 12.2. The first-order chi connectivity index (χ1) is 9.36. The second-order valence-electron chi connectivity index (χ2n) is 5.14. The minimum absolute atomic E-state index is 0.135. The number of rotatable bonds is 3. The Morgan fingerprint density at radius 1 is 1.50 bits per heavy atom. The Balaban J connectivity index is 2.02. The molecule has 1 aliphatic rings. The summed E-state index contributed by atoms with van der Waals surface area (Å²) in [5, 5.41) is 2.82. The highest BCUT2D eigenvalue weighted by Gasteiger charge is 2.30. The number of aromatic nitrogens is 1. The maximum atomic E-state index is 12.2. The Hall–Kier alpha value is -1.47. The fraction of sp³-hybridized carbons (Fsp3) is 0.538. The van der Waals surface area contributed by atoms with Crippen LogP contribution in [0, 0.1) is 12.8 Å². The first-order valence-corrected chi connectivity index (χ1v) is 8.40. The first-order valence-electron chi connectivity index (χ1n) is 6.55. The standard InChI is InChI=1S/C13H19N3O3S/c1-10-8-12(5-6-14-10)15-13(17)11-4-3-7-16(9-11)20(2,18)19/h5-6,8,11H,3-4,7,9H2,1-2H3,(H,14,15,17). The summed E-state index contributed by atoms with van der Waals surface area (Å²) in [6, 6.07) is 3.51. The van der Waals surface area contributed by atoms with Gasteiger partial charge in [0.25, 0.3) is 0 Å². The lowest BCUT2D eigenvalue weighted by Gasteiger charge is -2.30. The fourth-order valence-electron chi connectivity index (χ4n) is 2.33. The number of anilines is 1. The SMILES string of the molecule is Cc1cc(NC(=O)C2CCCN(S(C)(=O)=O)C2)ccn1. The lowest BCUT2D eigenvalue weighted by Crippen LogP contribution is -2.43. The summed E-state index contributed by atoms with van der Waals surface area (Å²) in [5.74, 6) is -0.434. The van der Waals surface area contributed by atoms with Gasteiger partial charge in [0, 0.05) is 30.7 Å². The van der Waals surface area contributed by atoms with E-state index in [1.54, 1.807) is 18.3 Å². The molecule has 1 amide bonds. The van der Waals surface area contributed by atoms with Crippen molar-refractivity contribution in [1.29, 1.82) is 0 Å². The van der Waals surface area contributed by atoms with Gasteiger partial charge < -0.3 is 5.32 Å². The van der Waals surface area contributed by atoms with Gasteiger partial charge in [-0.25, -0.2) is 12.7 Å². The smallest absolute Gasteiger partial charge is 0.228 e. The van der Waals surface area contributed by atoms with Gasteiger partial charge in [-0.05, 0) is 31.9 Å². The minimum atomic E-state index is -3.23. The Labute approximate surface area is 119 Å². The molecular weight excluding hydrogens is 278 g/mol. The van der Waals surface area contributed by atoms with Crippen LogP contribution in [0.25, 0.3) is 0 Å². The zero-order valence-corrected chi connectivity index (χ0v) is 12.5. The highest BCUT2D eigenvalue weighted by Crippen LogP contribution is 2.20. The number of aryl methyl sites for hydroxylation is 1. The van der Waals surface area contributed by atoms with Crippen LogP contribution < -0.4 is 5.32 Å².